The lowest BCUT2D eigenvalue weighted by molar-refractivity contribution is -0.140. The van der Waals surface area contributed by atoms with Gasteiger partial charge in [-0.2, -0.15) is 9.97 Å². The number of aromatic nitrogens is 4. The molecule has 0 saturated heterocycles. The van der Waals surface area contributed by atoms with Crippen LogP contribution in [0.15, 0.2) is 60.9 Å². The minimum Gasteiger partial charge on any atom is -0.480 e. The molecule has 2 aromatic heterocycles. The van der Waals surface area contributed by atoms with Gasteiger partial charge in [-0.25, -0.2) is 14.6 Å². The predicted molar refractivity (Wildman–Crippen MR) is 131 cm³/mol. The fourth-order valence-electron chi connectivity index (χ4n) is 3.61. The first-order valence-corrected chi connectivity index (χ1v) is 11.4. The number of nitrogens with one attached hydrogen (secondary N) is 1. The van der Waals surface area contributed by atoms with Gasteiger partial charge in [0, 0.05) is 6.42 Å². The van der Waals surface area contributed by atoms with E-state index in [4.69, 9.17) is 16.3 Å². The largest absolute Gasteiger partial charge is 0.480 e. The van der Waals surface area contributed by atoms with Crippen molar-refractivity contribution in [2.45, 2.75) is 38.8 Å². The van der Waals surface area contributed by atoms with E-state index in [1.807, 2.05) is 54.6 Å². The fourth-order valence-corrected chi connectivity index (χ4v) is 3.87. The van der Waals surface area contributed by atoms with Crippen LogP contribution in [0.25, 0.3) is 11.2 Å². The maximum absolute atomic E-state index is 12.3. The molecule has 10 heteroatoms. The number of carbonyl (C=O) groups is 2. The molecule has 0 radical (unpaired) electrons. The molecule has 0 aliphatic rings. The van der Waals surface area contributed by atoms with Crippen LogP contribution in [0.1, 0.15) is 42.5 Å². The average Bonchev–Trinajstić information content (AvgIpc) is 3.26. The monoisotopic (exact) mass is 493 g/mol. The van der Waals surface area contributed by atoms with Crippen LogP contribution in [0.4, 0.5) is 10.7 Å². The van der Waals surface area contributed by atoms with Crippen LogP contribution in [0.5, 0.6) is 0 Å². The van der Waals surface area contributed by atoms with Crippen LogP contribution in [-0.4, -0.2) is 36.7 Å². The summed E-state index contributed by atoms with van der Waals surface area (Å²) < 4.78 is 6.68. The van der Waals surface area contributed by atoms with E-state index in [9.17, 15) is 14.7 Å². The van der Waals surface area contributed by atoms with Gasteiger partial charge in [0.25, 0.3) is 0 Å². The Kier molecular flexibility index (Phi) is 7.26. The van der Waals surface area contributed by atoms with E-state index in [1.54, 1.807) is 0 Å². The number of carboxylic acids is 1. The Morgan fingerprint density at radius 3 is 2.43 bits per heavy atom. The van der Waals surface area contributed by atoms with Crippen molar-refractivity contribution < 1.29 is 19.4 Å². The molecule has 2 aromatic carbocycles. The maximum atomic E-state index is 12.3. The highest BCUT2D eigenvalue weighted by Crippen LogP contribution is 2.26. The second-order valence-electron chi connectivity index (χ2n) is 8.30. The molecular formula is C25H24ClN5O4. The summed E-state index contributed by atoms with van der Waals surface area (Å²) in [6.07, 6.45) is 0.832. The summed E-state index contributed by atoms with van der Waals surface area (Å²) in [4.78, 5) is 36.7. The highest BCUT2D eigenvalue weighted by molar-refractivity contribution is 6.33. The fraction of sp³-hybridized carbons (Fsp3) is 0.240. The minimum absolute atomic E-state index is 0.0358. The van der Waals surface area contributed by atoms with Gasteiger partial charge in [-0.05, 0) is 22.6 Å². The number of carbonyl (C=O) groups excluding carboxylic acids is 1. The van der Waals surface area contributed by atoms with Crippen molar-refractivity contribution in [3.8, 4) is 0 Å². The van der Waals surface area contributed by atoms with E-state index >= 15 is 0 Å². The van der Waals surface area contributed by atoms with Crippen molar-refractivity contribution in [2.75, 3.05) is 5.32 Å². The number of fused-ring (bicyclic) bond motifs is 1. The number of ether oxygens (including phenoxy) is 1. The molecule has 35 heavy (non-hydrogen) atoms. The normalized spacial score (nSPS) is 12.0. The van der Waals surface area contributed by atoms with E-state index in [2.05, 4.69) is 34.1 Å². The van der Waals surface area contributed by atoms with Crippen molar-refractivity contribution in [1.29, 1.82) is 0 Å². The van der Waals surface area contributed by atoms with Crippen LogP contribution < -0.4 is 5.32 Å². The van der Waals surface area contributed by atoms with Gasteiger partial charge in [-0.1, -0.05) is 80.0 Å². The summed E-state index contributed by atoms with van der Waals surface area (Å²) in [6.45, 7) is 4.29. The molecule has 1 unspecified atom stereocenters. The quantitative estimate of drug-likeness (QED) is 0.323. The number of aliphatic carboxylic acids is 1. The Morgan fingerprint density at radius 1 is 1.06 bits per heavy atom. The number of rotatable bonds is 8. The van der Waals surface area contributed by atoms with E-state index < -0.39 is 18.1 Å². The first kappa shape index (κ1) is 24.2. The molecular weight excluding hydrogens is 470 g/mol. The van der Waals surface area contributed by atoms with Crippen LogP contribution in [0, 0.1) is 0 Å². The molecule has 4 rings (SSSR count). The highest BCUT2D eigenvalue weighted by Gasteiger charge is 2.25. The van der Waals surface area contributed by atoms with Gasteiger partial charge in [0.05, 0.1) is 6.33 Å². The molecule has 2 N–H and O–H groups in total. The summed E-state index contributed by atoms with van der Waals surface area (Å²) in [5, 5.41) is 12.2. The third kappa shape index (κ3) is 5.75. The molecule has 9 nitrogen and oxygen atoms in total. The molecule has 0 aliphatic carbocycles. The van der Waals surface area contributed by atoms with Gasteiger partial charge < -0.3 is 14.4 Å². The number of benzene rings is 2. The second-order valence-corrected chi connectivity index (χ2v) is 8.66. The summed E-state index contributed by atoms with van der Waals surface area (Å²) in [5.74, 6) is -0.725. The predicted octanol–water partition coefficient (Wildman–Crippen LogP) is 5.22. The van der Waals surface area contributed by atoms with Crippen molar-refractivity contribution >= 4 is 40.8 Å². The Hall–Kier alpha value is -3.98. The standard InChI is InChI=1S/C25H24ClN5O4/c1-15(2)18-10-8-17(9-11-18)13-35-25(34)30-24-28-21(26)20-22(29-24)27-14-31(20)19(23(32)33)12-16-6-4-3-5-7-16/h3-11,14-15,19H,12-13H2,1-2H3,(H,32,33)(H,28,29,30,34). The lowest BCUT2D eigenvalue weighted by Crippen LogP contribution is -2.21. The van der Waals surface area contributed by atoms with Gasteiger partial charge in [-0.15, -0.1) is 0 Å². The Bertz CT molecular complexity index is 1340. The number of carboxylic acid groups (broad SMARTS) is 1. The molecule has 0 spiro atoms. The van der Waals surface area contributed by atoms with Crippen LogP contribution in [-0.2, 0) is 22.6 Å². The van der Waals surface area contributed by atoms with Gasteiger partial charge in [-0.3, -0.25) is 5.32 Å². The molecule has 1 amide bonds. The van der Waals surface area contributed by atoms with E-state index in [0.29, 0.717) is 5.92 Å². The topological polar surface area (TPSA) is 119 Å². The molecule has 0 aliphatic heterocycles. The second kappa shape index (κ2) is 10.5. The van der Waals surface area contributed by atoms with Crippen LogP contribution >= 0.6 is 11.6 Å². The van der Waals surface area contributed by atoms with Crippen molar-refractivity contribution in [3.63, 3.8) is 0 Å². The van der Waals surface area contributed by atoms with E-state index in [1.165, 1.54) is 16.5 Å². The van der Waals surface area contributed by atoms with E-state index in [-0.39, 0.29) is 35.3 Å². The number of anilines is 1. The number of hydrogen-bond acceptors (Lipinski definition) is 6. The molecule has 0 fully saturated rings. The van der Waals surface area contributed by atoms with Gasteiger partial charge in [0.2, 0.25) is 5.95 Å². The SMILES string of the molecule is CC(C)c1ccc(COC(=O)Nc2nc(Cl)c3c(ncn3C(Cc3ccccc3)C(=O)O)n2)cc1. The number of amides is 1. The number of nitrogens with zero attached hydrogens (tertiary/aromatic N) is 4. The molecule has 1 atom stereocenters. The molecule has 180 valence electrons. The number of hydrogen-bond donors (Lipinski definition) is 2. The minimum atomic E-state index is -1.04. The highest BCUT2D eigenvalue weighted by atomic mass is 35.5. The molecule has 0 bridgehead atoms. The van der Waals surface area contributed by atoms with Crippen LogP contribution in [0.2, 0.25) is 5.15 Å². The number of imidazole rings is 1. The zero-order valence-electron chi connectivity index (χ0n) is 19.2. The Labute approximate surface area is 206 Å². The lowest BCUT2D eigenvalue weighted by atomic mass is 10.0. The van der Waals surface area contributed by atoms with Gasteiger partial charge in [0.1, 0.15) is 18.2 Å². The summed E-state index contributed by atoms with van der Waals surface area (Å²) in [7, 11) is 0. The van der Waals surface area contributed by atoms with E-state index in [0.717, 1.165) is 11.1 Å². The molecule has 2 heterocycles. The lowest BCUT2D eigenvalue weighted by Gasteiger charge is -2.15. The van der Waals surface area contributed by atoms with Crippen molar-refractivity contribution in [2.24, 2.45) is 0 Å². The molecule has 4 aromatic rings. The Balaban J connectivity index is 1.47. The van der Waals surface area contributed by atoms with Gasteiger partial charge >= 0.3 is 12.1 Å². The summed E-state index contributed by atoms with van der Waals surface area (Å²) >= 11 is 6.36. The van der Waals surface area contributed by atoms with Crippen LogP contribution in [0.3, 0.4) is 0 Å². The zero-order chi connectivity index (χ0) is 24.9. The third-order valence-corrected chi connectivity index (χ3v) is 5.77. The summed E-state index contributed by atoms with van der Waals surface area (Å²) in [5.41, 5.74) is 3.31. The summed E-state index contributed by atoms with van der Waals surface area (Å²) in [6, 6.07) is 16.1. The van der Waals surface area contributed by atoms with Gasteiger partial charge in [0.15, 0.2) is 10.8 Å². The maximum Gasteiger partial charge on any atom is 0.414 e. The first-order valence-electron chi connectivity index (χ1n) is 11.0. The Morgan fingerprint density at radius 2 is 1.77 bits per heavy atom. The molecule has 0 saturated carbocycles. The zero-order valence-corrected chi connectivity index (χ0v) is 19.9. The van der Waals surface area contributed by atoms with Crippen molar-refractivity contribution in [1.82, 2.24) is 19.5 Å². The first-order chi connectivity index (χ1) is 16.8. The smallest absolute Gasteiger partial charge is 0.414 e. The average molecular weight is 494 g/mol. The third-order valence-electron chi connectivity index (χ3n) is 5.51. The number of halogens is 1. The van der Waals surface area contributed by atoms with Crippen molar-refractivity contribution in [3.05, 3.63) is 82.8 Å².